The van der Waals surface area contributed by atoms with Crippen molar-refractivity contribution in [1.82, 2.24) is 0 Å². The van der Waals surface area contributed by atoms with E-state index >= 15 is 0 Å². The van der Waals surface area contributed by atoms with Gasteiger partial charge in [-0.05, 0) is 48.8 Å². The zero-order valence-electron chi connectivity index (χ0n) is 15.8. The van der Waals surface area contributed by atoms with Crippen LogP contribution in [0.15, 0.2) is 24.3 Å². The second-order valence-corrected chi connectivity index (χ2v) is 7.82. The summed E-state index contributed by atoms with van der Waals surface area (Å²) in [4.78, 5) is 0. The first-order valence-corrected chi connectivity index (χ1v) is 9.72. The molecule has 5 atom stereocenters. The number of hydrogen-bond acceptors (Lipinski definition) is 4. The van der Waals surface area contributed by atoms with E-state index in [4.69, 9.17) is 4.74 Å². The molecule has 0 amide bonds. The summed E-state index contributed by atoms with van der Waals surface area (Å²) >= 11 is 0. The van der Waals surface area contributed by atoms with Crippen LogP contribution >= 0.6 is 0 Å². The zero-order chi connectivity index (χ0) is 18.4. The molecule has 2 rings (SSSR count). The number of rotatable bonds is 8. The van der Waals surface area contributed by atoms with Crippen LogP contribution in [0.1, 0.15) is 58.4 Å². The van der Waals surface area contributed by atoms with E-state index < -0.39 is 24.4 Å². The first kappa shape index (κ1) is 20.2. The maximum Gasteiger partial charge on any atom is 0.127 e. The number of unbranched alkanes of at least 4 members (excludes halogenated alkanes) is 1. The third-order valence-electron chi connectivity index (χ3n) is 5.33. The highest BCUT2D eigenvalue weighted by molar-refractivity contribution is 5.27. The Morgan fingerprint density at radius 3 is 2.28 bits per heavy atom. The molecule has 142 valence electrons. The Balaban J connectivity index is 1.87. The molecule has 1 aromatic rings. The van der Waals surface area contributed by atoms with Crippen LogP contribution in [0.4, 0.5) is 0 Å². The fourth-order valence-corrected chi connectivity index (χ4v) is 3.60. The average molecular weight is 350 g/mol. The van der Waals surface area contributed by atoms with Crippen LogP contribution in [-0.4, -0.2) is 39.7 Å². The summed E-state index contributed by atoms with van der Waals surface area (Å²) in [5.41, 5.74) is 1.29. The van der Waals surface area contributed by atoms with Gasteiger partial charge in [0.1, 0.15) is 24.1 Å². The normalized spacial score (nSPS) is 29.8. The number of aliphatic hydroxyl groups is 3. The monoisotopic (exact) mass is 350 g/mol. The van der Waals surface area contributed by atoms with E-state index in [-0.39, 0.29) is 5.92 Å². The lowest BCUT2D eigenvalue weighted by Gasteiger charge is -2.40. The molecule has 0 heterocycles. The summed E-state index contributed by atoms with van der Waals surface area (Å²) in [6, 6.07) is 8.01. The summed E-state index contributed by atoms with van der Waals surface area (Å²) in [6.45, 7) is 6.49. The number of aryl methyl sites for hydroxylation is 1. The number of hydrogen-bond donors (Lipinski definition) is 3. The first-order valence-electron chi connectivity index (χ1n) is 9.72. The Hall–Kier alpha value is -1.10. The summed E-state index contributed by atoms with van der Waals surface area (Å²) < 4.78 is 5.91. The van der Waals surface area contributed by atoms with E-state index in [2.05, 4.69) is 26.0 Å². The second kappa shape index (κ2) is 9.56. The van der Waals surface area contributed by atoms with E-state index in [0.29, 0.717) is 12.2 Å². The van der Waals surface area contributed by atoms with Gasteiger partial charge >= 0.3 is 0 Å². The fraction of sp³-hybridized carbons (Fsp3) is 0.714. The smallest absolute Gasteiger partial charge is 0.127 e. The standard InChI is InChI=1S/C21H34O4/c1-4-16-13-18(20(23)21(24)19(16)22)25-17-11-9-15(10-12-17)8-6-5-7-14(2)3/h9-12,14,16,18-24H,4-8,13H2,1-3H3. The molecule has 0 spiro atoms. The van der Waals surface area contributed by atoms with Gasteiger partial charge in [-0.3, -0.25) is 0 Å². The fourth-order valence-electron chi connectivity index (χ4n) is 3.60. The van der Waals surface area contributed by atoms with Crippen LogP contribution in [0.5, 0.6) is 5.75 Å². The van der Waals surface area contributed by atoms with Crippen LogP contribution in [-0.2, 0) is 6.42 Å². The molecular formula is C21H34O4. The maximum atomic E-state index is 10.2. The number of aliphatic hydroxyl groups excluding tert-OH is 3. The van der Waals surface area contributed by atoms with E-state index in [0.717, 1.165) is 18.8 Å². The molecule has 1 aromatic carbocycles. The van der Waals surface area contributed by atoms with Crippen LogP contribution in [0.25, 0.3) is 0 Å². The predicted octanol–water partition coefficient (Wildman–Crippen LogP) is 3.32. The Labute approximate surface area is 151 Å². The minimum atomic E-state index is -1.15. The minimum Gasteiger partial charge on any atom is -0.488 e. The summed E-state index contributed by atoms with van der Waals surface area (Å²) in [7, 11) is 0. The topological polar surface area (TPSA) is 69.9 Å². The van der Waals surface area contributed by atoms with Gasteiger partial charge in [-0.15, -0.1) is 0 Å². The predicted molar refractivity (Wildman–Crippen MR) is 99.7 cm³/mol. The minimum absolute atomic E-state index is 0.0522. The number of ether oxygens (including phenoxy) is 1. The van der Waals surface area contributed by atoms with Crippen molar-refractivity contribution in [3.8, 4) is 5.75 Å². The highest BCUT2D eigenvalue weighted by Crippen LogP contribution is 2.31. The largest absolute Gasteiger partial charge is 0.488 e. The summed E-state index contributed by atoms with van der Waals surface area (Å²) in [5.74, 6) is 1.41. The van der Waals surface area contributed by atoms with Crippen molar-refractivity contribution in [1.29, 1.82) is 0 Å². The molecule has 5 unspecified atom stereocenters. The van der Waals surface area contributed by atoms with Gasteiger partial charge in [0.15, 0.2) is 0 Å². The van der Waals surface area contributed by atoms with Crippen molar-refractivity contribution in [3.05, 3.63) is 29.8 Å². The van der Waals surface area contributed by atoms with Gasteiger partial charge in [0, 0.05) is 0 Å². The number of benzene rings is 1. The third-order valence-corrected chi connectivity index (χ3v) is 5.33. The van der Waals surface area contributed by atoms with Crippen molar-refractivity contribution in [2.45, 2.75) is 83.7 Å². The zero-order valence-corrected chi connectivity index (χ0v) is 15.8. The van der Waals surface area contributed by atoms with Crippen molar-refractivity contribution >= 4 is 0 Å². The summed E-state index contributed by atoms with van der Waals surface area (Å²) in [6.07, 6.45) is 2.51. The van der Waals surface area contributed by atoms with Gasteiger partial charge in [0.05, 0.1) is 6.10 Å². The molecule has 4 nitrogen and oxygen atoms in total. The maximum absolute atomic E-state index is 10.2. The van der Waals surface area contributed by atoms with Crippen LogP contribution < -0.4 is 4.74 Å². The van der Waals surface area contributed by atoms with E-state index in [1.165, 1.54) is 24.8 Å². The Bertz CT molecular complexity index is 497. The molecule has 3 N–H and O–H groups in total. The van der Waals surface area contributed by atoms with Gasteiger partial charge in [0.2, 0.25) is 0 Å². The SMILES string of the molecule is CCC1CC(Oc2ccc(CCCCC(C)C)cc2)C(O)C(O)C1O. The van der Waals surface area contributed by atoms with Crippen LogP contribution in [0.3, 0.4) is 0 Å². The molecular weight excluding hydrogens is 316 g/mol. The highest BCUT2D eigenvalue weighted by Gasteiger charge is 2.43. The molecule has 0 aliphatic heterocycles. The molecule has 1 saturated carbocycles. The van der Waals surface area contributed by atoms with Gasteiger partial charge < -0.3 is 20.1 Å². The van der Waals surface area contributed by atoms with Crippen LogP contribution in [0.2, 0.25) is 0 Å². The van der Waals surface area contributed by atoms with E-state index in [9.17, 15) is 15.3 Å². The lowest BCUT2D eigenvalue weighted by molar-refractivity contribution is -0.151. The Kier molecular flexibility index (Phi) is 7.73. The Morgan fingerprint density at radius 1 is 1.00 bits per heavy atom. The quantitative estimate of drug-likeness (QED) is 0.629. The third kappa shape index (κ3) is 5.70. The molecule has 0 saturated heterocycles. The average Bonchev–Trinajstić information content (AvgIpc) is 2.60. The molecule has 4 heteroatoms. The van der Waals surface area contributed by atoms with Crippen molar-refractivity contribution < 1.29 is 20.1 Å². The molecule has 1 fully saturated rings. The molecule has 25 heavy (non-hydrogen) atoms. The summed E-state index contributed by atoms with van der Waals surface area (Å²) in [5, 5.41) is 30.2. The molecule has 0 bridgehead atoms. The van der Waals surface area contributed by atoms with Gasteiger partial charge in [-0.1, -0.05) is 52.2 Å². The lowest BCUT2D eigenvalue weighted by atomic mass is 9.79. The van der Waals surface area contributed by atoms with Gasteiger partial charge in [-0.25, -0.2) is 0 Å². The van der Waals surface area contributed by atoms with Crippen molar-refractivity contribution in [2.24, 2.45) is 11.8 Å². The van der Waals surface area contributed by atoms with E-state index in [1.807, 2.05) is 19.1 Å². The lowest BCUT2D eigenvalue weighted by Crippen LogP contribution is -2.55. The van der Waals surface area contributed by atoms with Gasteiger partial charge in [0.25, 0.3) is 0 Å². The molecule has 1 aliphatic rings. The van der Waals surface area contributed by atoms with Crippen molar-refractivity contribution in [3.63, 3.8) is 0 Å². The second-order valence-electron chi connectivity index (χ2n) is 7.82. The molecule has 1 aliphatic carbocycles. The highest BCUT2D eigenvalue weighted by atomic mass is 16.5. The Morgan fingerprint density at radius 2 is 1.68 bits per heavy atom. The van der Waals surface area contributed by atoms with E-state index in [1.54, 1.807) is 0 Å². The molecule has 0 radical (unpaired) electrons. The van der Waals surface area contributed by atoms with Crippen molar-refractivity contribution in [2.75, 3.05) is 0 Å². The van der Waals surface area contributed by atoms with Gasteiger partial charge in [-0.2, -0.15) is 0 Å². The van der Waals surface area contributed by atoms with Crippen LogP contribution in [0, 0.1) is 11.8 Å². The molecule has 0 aromatic heterocycles. The first-order chi connectivity index (χ1) is 11.9.